The van der Waals surface area contributed by atoms with Crippen LogP contribution < -0.4 is 69.7 Å². The van der Waals surface area contributed by atoms with E-state index in [4.69, 9.17) is 0 Å². The topological polar surface area (TPSA) is 173 Å². The summed E-state index contributed by atoms with van der Waals surface area (Å²) >= 11 is 0. The van der Waals surface area contributed by atoms with Gasteiger partial charge in [0.25, 0.3) is 11.8 Å². The first kappa shape index (κ1) is 35.6. The molecule has 0 saturated carbocycles. The van der Waals surface area contributed by atoms with E-state index >= 15 is 0 Å². The second-order valence-electron chi connectivity index (χ2n) is 8.39. The van der Waals surface area contributed by atoms with E-state index < -0.39 is 41.8 Å². The predicted molar refractivity (Wildman–Crippen MR) is 147 cm³/mol. The van der Waals surface area contributed by atoms with Crippen LogP contribution in [0.5, 0.6) is 0 Å². The van der Waals surface area contributed by atoms with Gasteiger partial charge in [-0.25, -0.2) is 16.8 Å². The molecule has 0 aliphatic heterocycles. The Morgan fingerprint density at radius 2 is 0.881 bits per heavy atom. The molecule has 10 nitrogen and oxygen atoms in total. The SMILES string of the molecule is O=C(Nc1ccc(/C=C/c2ccc(NC(=O)c3ccccc3)cc2S(=O)(=O)[O-])c(S(=O)(=O)[O-])c1)c1ccccc1.[Na+].[Na+]. The van der Waals surface area contributed by atoms with Gasteiger partial charge in [-0.2, -0.15) is 0 Å². The molecule has 0 heterocycles. The molecule has 2 amide bonds. The van der Waals surface area contributed by atoms with Crippen molar-refractivity contribution in [3.8, 4) is 0 Å². The van der Waals surface area contributed by atoms with E-state index in [9.17, 15) is 35.5 Å². The molecule has 4 rings (SSSR count). The van der Waals surface area contributed by atoms with Crippen molar-refractivity contribution in [3.05, 3.63) is 119 Å². The maximum atomic E-state index is 12.4. The van der Waals surface area contributed by atoms with Crippen molar-refractivity contribution in [2.45, 2.75) is 9.79 Å². The molecule has 204 valence electrons. The van der Waals surface area contributed by atoms with Crippen molar-refractivity contribution >= 4 is 55.6 Å². The molecule has 0 aromatic heterocycles. The fourth-order valence-electron chi connectivity index (χ4n) is 3.70. The van der Waals surface area contributed by atoms with Crippen LogP contribution in [-0.2, 0) is 20.2 Å². The normalized spacial score (nSPS) is 11.2. The molecule has 0 atom stereocenters. The number of rotatable bonds is 8. The van der Waals surface area contributed by atoms with E-state index in [0.29, 0.717) is 11.1 Å². The Labute approximate surface area is 287 Å². The van der Waals surface area contributed by atoms with Crippen molar-refractivity contribution in [2.75, 3.05) is 10.6 Å². The standard InChI is InChI=1S/C28H22N2O8S2.2Na/c31-27(21-7-3-1-4-8-21)29-23-15-13-19(25(17-23)39(33,34)35)11-12-20-14-16-24(18-26(20)40(36,37)38)30-28(32)22-9-5-2-6-10-22;;/h1-18H,(H,29,31)(H,30,32)(H,33,34,35)(H,36,37,38);;/q;2*+1/p-2/b12-11+;;. The first-order chi connectivity index (χ1) is 18.9. The fourth-order valence-corrected chi connectivity index (χ4v) is 5.09. The van der Waals surface area contributed by atoms with Crippen LogP contribution >= 0.6 is 0 Å². The summed E-state index contributed by atoms with van der Waals surface area (Å²) in [5, 5.41) is 5.03. The van der Waals surface area contributed by atoms with E-state index in [1.807, 2.05) is 0 Å². The number of hydrogen-bond acceptors (Lipinski definition) is 8. The third-order valence-electron chi connectivity index (χ3n) is 5.60. The third kappa shape index (κ3) is 9.44. The number of carbonyl (C=O) groups excluding carboxylic acids is 2. The van der Waals surface area contributed by atoms with Crippen LogP contribution in [0.15, 0.2) is 107 Å². The van der Waals surface area contributed by atoms with Gasteiger partial charge in [-0.05, 0) is 59.7 Å². The number of amides is 2. The summed E-state index contributed by atoms with van der Waals surface area (Å²) < 4.78 is 71.9. The second kappa shape index (κ2) is 15.2. The molecule has 2 N–H and O–H groups in total. The van der Waals surface area contributed by atoms with Crippen LogP contribution in [0.2, 0.25) is 0 Å². The summed E-state index contributed by atoms with van der Waals surface area (Å²) in [6, 6.07) is 23.4. The van der Waals surface area contributed by atoms with E-state index in [-0.39, 0.29) is 81.6 Å². The van der Waals surface area contributed by atoms with Gasteiger partial charge in [-0.15, -0.1) is 0 Å². The first-order valence-corrected chi connectivity index (χ1v) is 14.3. The Morgan fingerprint density at radius 3 is 1.19 bits per heavy atom. The first-order valence-electron chi connectivity index (χ1n) is 11.5. The molecule has 0 bridgehead atoms. The largest absolute Gasteiger partial charge is 1.00 e. The summed E-state index contributed by atoms with van der Waals surface area (Å²) in [4.78, 5) is 23.5. The summed E-state index contributed by atoms with van der Waals surface area (Å²) in [6.07, 6.45) is 2.31. The van der Waals surface area contributed by atoms with Gasteiger partial charge in [-0.3, -0.25) is 9.59 Å². The second-order valence-corrected chi connectivity index (χ2v) is 11.1. The number of carbonyl (C=O) groups is 2. The Bertz CT molecular complexity index is 1700. The van der Waals surface area contributed by atoms with Crippen LogP contribution in [0.3, 0.4) is 0 Å². The average molecular weight is 623 g/mol. The minimum atomic E-state index is -5.03. The average Bonchev–Trinajstić information content (AvgIpc) is 2.92. The van der Waals surface area contributed by atoms with Crippen LogP contribution in [0, 0.1) is 0 Å². The van der Waals surface area contributed by atoms with Gasteiger partial charge in [-0.1, -0.05) is 60.7 Å². The molecule has 0 aliphatic carbocycles. The number of benzene rings is 4. The van der Waals surface area contributed by atoms with Crippen LogP contribution in [0.25, 0.3) is 12.2 Å². The third-order valence-corrected chi connectivity index (χ3v) is 7.38. The summed E-state index contributed by atoms with van der Waals surface area (Å²) in [5.74, 6) is -1.05. The molecule has 0 saturated heterocycles. The fraction of sp³-hybridized carbons (Fsp3) is 0. The van der Waals surface area contributed by atoms with Crippen LogP contribution in [-0.4, -0.2) is 37.8 Å². The minimum Gasteiger partial charge on any atom is -0.744 e. The Kier molecular flexibility index (Phi) is 12.9. The molecule has 0 unspecified atom stereocenters. The van der Waals surface area contributed by atoms with E-state index in [1.54, 1.807) is 60.7 Å². The van der Waals surface area contributed by atoms with Crippen LogP contribution in [0.1, 0.15) is 31.8 Å². The zero-order valence-electron chi connectivity index (χ0n) is 22.5. The molecule has 0 spiro atoms. The maximum absolute atomic E-state index is 12.4. The van der Waals surface area contributed by atoms with Gasteiger partial charge in [0.15, 0.2) is 0 Å². The van der Waals surface area contributed by atoms with Gasteiger partial charge >= 0.3 is 59.1 Å². The molecule has 4 aromatic carbocycles. The van der Waals surface area contributed by atoms with E-state index in [1.165, 1.54) is 24.3 Å². The number of nitrogens with one attached hydrogen (secondary N) is 2. The van der Waals surface area contributed by atoms with E-state index in [0.717, 1.165) is 24.3 Å². The van der Waals surface area contributed by atoms with Crippen molar-refractivity contribution in [1.29, 1.82) is 0 Å². The van der Waals surface area contributed by atoms with Gasteiger partial charge in [0.2, 0.25) is 0 Å². The molecular weight excluding hydrogens is 602 g/mol. The van der Waals surface area contributed by atoms with Crippen molar-refractivity contribution in [3.63, 3.8) is 0 Å². The molecule has 0 aliphatic rings. The Balaban J connectivity index is 0.00000308. The smallest absolute Gasteiger partial charge is 0.744 e. The molecule has 0 fully saturated rings. The Hall–Kier alpha value is -2.62. The van der Waals surface area contributed by atoms with Gasteiger partial charge in [0.1, 0.15) is 20.2 Å². The van der Waals surface area contributed by atoms with Gasteiger partial charge < -0.3 is 19.7 Å². The number of hydrogen-bond donors (Lipinski definition) is 2. The van der Waals surface area contributed by atoms with Crippen molar-refractivity contribution in [1.82, 2.24) is 0 Å². The van der Waals surface area contributed by atoms with Gasteiger partial charge in [0, 0.05) is 22.5 Å². The van der Waals surface area contributed by atoms with Crippen LogP contribution in [0.4, 0.5) is 11.4 Å². The quantitative estimate of drug-likeness (QED) is 0.131. The maximum Gasteiger partial charge on any atom is 1.00 e. The predicted octanol–water partition coefficient (Wildman–Crippen LogP) is -1.82. The molecule has 4 aromatic rings. The zero-order valence-corrected chi connectivity index (χ0v) is 28.1. The molecule has 42 heavy (non-hydrogen) atoms. The molecular formula is C28H20N2Na2O8S2. The number of anilines is 2. The minimum absolute atomic E-state index is 0. The van der Waals surface area contributed by atoms with E-state index in [2.05, 4.69) is 10.6 Å². The molecule has 14 heteroatoms. The Morgan fingerprint density at radius 1 is 0.548 bits per heavy atom. The van der Waals surface area contributed by atoms with Crippen molar-refractivity contribution in [2.24, 2.45) is 0 Å². The summed E-state index contributed by atoms with van der Waals surface area (Å²) in [5.41, 5.74) is 0.496. The summed E-state index contributed by atoms with van der Waals surface area (Å²) in [6.45, 7) is 0. The van der Waals surface area contributed by atoms with Gasteiger partial charge in [0.05, 0.1) is 9.79 Å². The van der Waals surface area contributed by atoms with Crippen molar-refractivity contribution < 1.29 is 94.6 Å². The summed E-state index contributed by atoms with van der Waals surface area (Å²) in [7, 11) is -10.1. The zero-order chi connectivity index (χ0) is 28.9. The monoisotopic (exact) mass is 622 g/mol. The molecule has 0 radical (unpaired) electrons.